The number of hydrogen-bond donors (Lipinski definition) is 1. The SMILES string of the molecule is CC(C)(C)CCNc1ccc(OCC(F)(F)F)nc1. The van der Waals surface area contributed by atoms with E-state index in [9.17, 15) is 13.2 Å². The van der Waals surface area contributed by atoms with E-state index in [4.69, 9.17) is 0 Å². The van der Waals surface area contributed by atoms with Crippen molar-refractivity contribution in [3.8, 4) is 5.88 Å². The van der Waals surface area contributed by atoms with Crippen LogP contribution in [0.25, 0.3) is 0 Å². The van der Waals surface area contributed by atoms with Crippen LogP contribution < -0.4 is 10.1 Å². The quantitative estimate of drug-likeness (QED) is 0.886. The van der Waals surface area contributed by atoms with Crippen molar-refractivity contribution < 1.29 is 17.9 Å². The van der Waals surface area contributed by atoms with Crippen LogP contribution in [0.3, 0.4) is 0 Å². The van der Waals surface area contributed by atoms with Gasteiger partial charge in [0.2, 0.25) is 5.88 Å². The molecular formula is C13H19F3N2O. The average molecular weight is 276 g/mol. The predicted octanol–water partition coefficient (Wildman–Crippen LogP) is 3.87. The molecule has 1 aromatic rings. The standard InChI is InChI=1S/C13H19F3N2O/c1-12(2,3)6-7-17-10-4-5-11(18-8-10)19-9-13(14,15)16/h4-5,8,17H,6-7,9H2,1-3H3. The molecule has 0 aliphatic carbocycles. The molecule has 6 heteroatoms. The zero-order chi connectivity index (χ0) is 14.5. The van der Waals surface area contributed by atoms with E-state index < -0.39 is 12.8 Å². The number of alkyl halides is 3. The third-order valence-electron chi connectivity index (χ3n) is 2.32. The zero-order valence-electron chi connectivity index (χ0n) is 11.3. The van der Waals surface area contributed by atoms with Crippen LogP contribution >= 0.6 is 0 Å². The van der Waals surface area contributed by atoms with Crippen LogP contribution in [0.5, 0.6) is 5.88 Å². The Morgan fingerprint density at radius 1 is 1.21 bits per heavy atom. The summed E-state index contributed by atoms with van der Waals surface area (Å²) in [4.78, 5) is 3.81. The van der Waals surface area contributed by atoms with E-state index >= 15 is 0 Å². The maximum Gasteiger partial charge on any atom is 0.422 e. The van der Waals surface area contributed by atoms with Gasteiger partial charge < -0.3 is 10.1 Å². The summed E-state index contributed by atoms with van der Waals surface area (Å²) < 4.78 is 40.3. The highest BCUT2D eigenvalue weighted by molar-refractivity contribution is 5.41. The lowest BCUT2D eigenvalue weighted by atomic mass is 9.92. The second-order valence-corrected chi connectivity index (χ2v) is 5.53. The summed E-state index contributed by atoms with van der Waals surface area (Å²) in [6, 6.07) is 3.08. The molecule has 108 valence electrons. The minimum atomic E-state index is -4.34. The Labute approximate surface area is 111 Å². The van der Waals surface area contributed by atoms with Crippen LogP contribution in [0.1, 0.15) is 27.2 Å². The smallest absolute Gasteiger partial charge is 0.422 e. The lowest BCUT2D eigenvalue weighted by Gasteiger charge is -2.18. The number of hydrogen-bond acceptors (Lipinski definition) is 3. The van der Waals surface area contributed by atoms with Gasteiger partial charge in [0.05, 0.1) is 11.9 Å². The summed E-state index contributed by atoms with van der Waals surface area (Å²) in [7, 11) is 0. The van der Waals surface area contributed by atoms with Gasteiger partial charge in [0.1, 0.15) is 0 Å². The Morgan fingerprint density at radius 3 is 2.37 bits per heavy atom. The van der Waals surface area contributed by atoms with Crippen molar-refractivity contribution in [2.75, 3.05) is 18.5 Å². The van der Waals surface area contributed by atoms with Gasteiger partial charge in [-0.05, 0) is 17.9 Å². The summed E-state index contributed by atoms with van der Waals surface area (Å²) in [5, 5.41) is 3.16. The molecule has 1 rings (SSSR count). The first-order chi connectivity index (χ1) is 8.66. The molecule has 3 nitrogen and oxygen atoms in total. The predicted molar refractivity (Wildman–Crippen MR) is 68.3 cm³/mol. The molecule has 1 aromatic heterocycles. The number of pyridine rings is 1. The average Bonchev–Trinajstić information content (AvgIpc) is 2.25. The first-order valence-corrected chi connectivity index (χ1v) is 6.05. The molecule has 0 spiro atoms. The van der Waals surface area contributed by atoms with Crippen molar-refractivity contribution in [2.45, 2.75) is 33.4 Å². The minimum absolute atomic E-state index is 0.0290. The fourth-order valence-corrected chi connectivity index (χ4v) is 1.31. The van der Waals surface area contributed by atoms with Crippen molar-refractivity contribution in [3.05, 3.63) is 18.3 Å². The van der Waals surface area contributed by atoms with E-state index in [-0.39, 0.29) is 11.3 Å². The van der Waals surface area contributed by atoms with Crippen LogP contribution in [0, 0.1) is 5.41 Å². The molecule has 0 bridgehead atoms. The second-order valence-electron chi connectivity index (χ2n) is 5.53. The van der Waals surface area contributed by atoms with Crippen LogP contribution in [0.15, 0.2) is 18.3 Å². The molecule has 0 aliphatic rings. The van der Waals surface area contributed by atoms with Gasteiger partial charge in [-0.1, -0.05) is 20.8 Å². The molecule has 1 heterocycles. The fraction of sp³-hybridized carbons (Fsp3) is 0.615. The van der Waals surface area contributed by atoms with Gasteiger partial charge in [-0.3, -0.25) is 0 Å². The summed E-state index contributed by atoms with van der Waals surface area (Å²) in [5.74, 6) is -0.0290. The van der Waals surface area contributed by atoms with Gasteiger partial charge in [0.25, 0.3) is 0 Å². The third kappa shape index (κ3) is 7.54. The van der Waals surface area contributed by atoms with Crippen LogP contribution in [0.4, 0.5) is 18.9 Å². The van der Waals surface area contributed by atoms with Crippen molar-refractivity contribution in [2.24, 2.45) is 5.41 Å². The molecule has 0 fully saturated rings. The Morgan fingerprint density at radius 2 is 1.89 bits per heavy atom. The molecule has 0 aromatic carbocycles. The highest BCUT2D eigenvalue weighted by atomic mass is 19.4. The van der Waals surface area contributed by atoms with E-state index in [0.717, 1.165) is 18.7 Å². The number of nitrogens with one attached hydrogen (secondary N) is 1. The highest BCUT2D eigenvalue weighted by Gasteiger charge is 2.28. The normalized spacial score (nSPS) is 12.3. The molecule has 0 radical (unpaired) electrons. The van der Waals surface area contributed by atoms with Crippen molar-refractivity contribution in [1.29, 1.82) is 0 Å². The molecule has 1 N–H and O–H groups in total. The Kier molecular flexibility index (Phi) is 5.03. The highest BCUT2D eigenvalue weighted by Crippen LogP contribution is 2.20. The molecule has 0 saturated carbocycles. The van der Waals surface area contributed by atoms with E-state index in [0.29, 0.717) is 0 Å². The van der Waals surface area contributed by atoms with Gasteiger partial charge in [0, 0.05) is 12.6 Å². The molecule has 0 atom stereocenters. The summed E-state index contributed by atoms with van der Waals surface area (Å²) in [6.45, 7) is 5.88. The van der Waals surface area contributed by atoms with Crippen LogP contribution in [0.2, 0.25) is 0 Å². The third-order valence-corrected chi connectivity index (χ3v) is 2.32. The van der Waals surface area contributed by atoms with E-state index in [1.165, 1.54) is 12.3 Å². The van der Waals surface area contributed by atoms with Crippen LogP contribution in [-0.4, -0.2) is 24.3 Å². The molecule has 0 amide bonds. The number of ether oxygens (including phenoxy) is 1. The fourth-order valence-electron chi connectivity index (χ4n) is 1.31. The van der Waals surface area contributed by atoms with Gasteiger partial charge in [-0.25, -0.2) is 4.98 Å². The van der Waals surface area contributed by atoms with Crippen molar-refractivity contribution >= 4 is 5.69 Å². The van der Waals surface area contributed by atoms with Crippen molar-refractivity contribution in [3.63, 3.8) is 0 Å². The summed E-state index contributed by atoms with van der Waals surface area (Å²) in [5.41, 5.74) is 1.000. The van der Waals surface area contributed by atoms with Gasteiger partial charge in [-0.15, -0.1) is 0 Å². The maximum atomic E-state index is 11.9. The zero-order valence-corrected chi connectivity index (χ0v) is 11.3. The number of rotatable bonds is 5. The molecule has 0 aliphatic heterocycles. The minimum Gasteiger partial charge on any atom is -0.468 e. The van der Waals surface area contributed by atoms with E-state index in [1.54, 1.807) is 6.07 Å². The summed E-state index contributed by atoms with van der Waals surface area (Å²) in [6.07, 6.45) is -1.89. The Bertz CT molecular complexity index is 382. The topological polar surface area (TPSA) is 34.1 Å². The second kappa shape index (κ2) is 6.12. The van der Waals surface area contributed by atoms with Gasteiger partial charge >= 0.3 is 6.18 Å². The number of anilines is 1. The monoisotopic (exact) mass is 276 g/mol. The molecule has 19 heavy (non-hydrogen) atoms. The van der Waals surface area contributed by atoms with Crippen molar-refractivity contribution in [1.82, 2.24) is 4.98 Å². The van der Waals surface area contributed by atoms with E-state index in [2.05, 4.69) is 35.8 Å². The Hall–Kier alpha value is -1.46. The number of nitrogens with zero attached hydrogens (tertiary/aromatic N) is 1. The first-order valence-electron chi connectivity index (χ1n) is 6.05. The number of halogens is 3. The van der Waals surface area contributed by atoms with Gasteiger partial charge in [-0.2, -0.15) is 13.2 Å². The molecule has 0 saturated heterocycles. The number of aromatic nitrogens is 1. The van der Waals surface area contributed by atoms with Gasteiger partial charge in [0.15, 0.2) is 6.61 Å². The first kappa shape index (κ1) is 15.6. The lowest BCUT2D eigenvalue weighted by molar-refractivity contribution is -0.154. The Balaban J connectivity index is 2.39. The molecular weight excluding hydrogens is 257 g/mol. The lowest BCUT2D eigenvalue weighted by Crippen LogP contribution is -2.19. The summed E-state index contributed by atoms with van der Waals surface area (Å²) >= 11 is 0. The largest absolute Gasteiger partial charge is 0.468 e. The maximum absolute atomic E-state index is 11.9. The van der Waals surface area contributed by atoms with E-state index in [1.807, 2.05) is 0 Å². The molecule has 0 unspecified atom stereocenters. The van der Waals surface area contributed by atoms with Crippen LogP contribution in [-0.2, 0) is 0 Å².